The molecule has 11 heteroatoms. The molecule has 0 amide bonds. The molecule has 0 aliphatic rings. The summed E-state index contributed by atoms with van der Waals surface area (Å²) in [6, 6.07) is 13.3. The Morgan fingerprint density at radius 3 is 1.85 bits per heavy atom. The topological polar surface area (TPSA) is 32.6 Å². The van der Waals surface area contributed by atoms with Crippen LogP contribution in [0.4, 0.5) is 32.0 Å². The van der Waals surface area contributed by atoms with Gasteiger partial charge in [-0.05, 0) is 41.8 Å². The van der Waals surface area contributed by atoms with Crippen LogP contribution < -0.4 is 0 Å². The van der Waals surface area contributed by atoms with Gasteiger partial charge in [0.1, 0.15) is 5.75 Å². The number of alkyl halides is 6. The van der Waals surface area contributed by atoms with Gasteiger partial charge in [0, 0.05) is 11.8 Å². The number of aromatic hydroxyl groups is 1. The molecule has 3 aromatic carbocycles. The number of aliphatic imine (C=N–C) groups is 1. The first-order valence-electron chi connectivity index (χ1n) is 9.06. The van der Waals surface area contributed by atoms with E-state index in [-0.39, 0.29) is 17.4 Å². The van der Waals surface area contributed by atoms with E-state index in [4.69, 9.17) is 17.0 Å². The second-order valence-electron chi connectivity index (χ2n) is 6.65. The fraction of sp³-hybridized carbons (Fsp3) is 0.136. The van der Waals surface area contributed by atoms with Crippen molar-refractivity contribution in [1.82, 2.24) is 0 Å². The fourth-order valence-electron chi connectivity index (χ4n) is 2.87. The van der Waals surface area contributed by atoms with E-state index < -0.39 is 50.0 Å². The van der Waals surface area contributed by atoms with Crippen molar-refractivity contribution in [1.29, 1.82) is 0 Å². The van der Waals surface area contributed by atoms with E-state index in [9.17, 15) is 31.4 Å². The maximum absolute atomic E-state index is 13.0. The molecule has 0 fully saturated rings. The fourth-order valence-corrected chi connectivity index (χ4v) is 2.87. The van der Waals surface area contributed by atoms with Gasteiger partial charge in [-0.3, -0.25) is 4.99 Å². The molecular weight excluding hydrogens is 570 g/mol. The number of benzene rings is 3. The molecule has 0 bridgehead atoms. The third kappa shape index (κ3) is 7.59. The second-order valence-corrected chi connectivity index (χ2v) is 10.4. The molecule has 0 aliphatic carbocycles. The molecule has 0 atom stereocenters. The van der Waals surface area contributed by atoms with Crippen molar-refractivity contribution in [2.45, 2.75) is 19.3 Å². The van der Waals surface area contributed by atoms with Crippen molar-refractivity contribution < 1.29 is 52.3 Å². The van der Waals surface area contributed by atoms with Crippen LogP contribution in [-0.4, -0.2) is 11.3 Å². The van der Waals surface area contributed by atoms with Crippen molar-refractivity contribution in [2.75, 3.05) is 0 Å². The van der Waals surface area contributed by atoms with Crippen molar-refractivity contribution in [2.24, 2.45) is 4.99 Å². The molecule has 0 unspecified atom stereocenters. The molecular formula is C22H15Cl2F6NOZr. The summed E-state index contributed by atoms with van der Waals surface area (Å²) in [7, 11) is 9.87. The van der Waals surface area contributed by atoms with Crippen LogP contribution in [0.25, 0.3) is 11.1 Å². The summed E-state index contributed by atoms with van der Waals surface area (Å²) in [5.74, 6) is -0.164. The number of hydrogen-bond acceptors (Lipinski definition) is 2. The van der Waals surface area contributed by atoms with Crippen LogP contribution in [0.2, 0.25) is 0 Å². The molecule has 0 spiro atoms. The van der Waals surface area contributed by atoms with E-state index in [0.717, 1.165) is 6.21 Å². The molecule has 0 aromatic heterocycles. The number of halogens is 8. The van der Waals surface area contributed by atoms with Gasteiger partial charge in [-0.1, -0.05) is 42.5 Å². The van der Waals surface area contributed by atoms with Crippen LogP contribution in [-0.2, 0) is 33.2 Å². The Bertz CT molecular complexity index is 1090. The Kier molecular flexibility index (Phi) is 9.59. The first-order valence-corrected chi connectivity index (χ1v) is 15.4. The van der Waals surface area contributed by atoms with Crippen molar-refractivity contribution in [3.63, 3.8) is 0 Å². The number of aryl methyl sites for hydroxylation is 1. The van der Waals surface area contributed by atoms with Gasteiger partial charge in [0.25, 0.3) is 0 Å². The number of phenolic OH excluding ortho intramolecular Hbond substituents is 1. The predicted octanol–water partition coefficient (Wildman–Crippen LogP) is 8.53. The van der Waals surface area contributed by atoms with Gasteiger partial charge >= 0.3 is 50.2 Å². The van der Waals surface area contributed by atoms with E-state index in [1.54, 1.807) is 49.4 Å². The van der Waals surface area contributed by atoms with Gasteiger partial charge in [0.15, 0.2) is 0 Å². The second kappa shape index (κ2) is 11.5. The maximum atomic E-state index is 13.0. The minimum atomic E-state index is -4.97. The van der Waals surface area contributed by atoms with Crippen LogP contribution in [0.1, 0.15) is 22.3 Å². The minimum absolute atomic E-state index is 0.0402. The van der Waals surface area contributed by atoms with E-state index in [1.807, 2.05) is 0 Å². The number of hydrogen-bond donors (Lipinski definition) is 1. The Morgan fingerprint density at radius 1 is 0.848 bits per heavy atom. The average molecular weight is 585 g/mol. The summed E-state index contributed by atoms with van der Waals surface area (Å²) in [5, 5.41) is 10.4. The summed E-state index contributed by atoms with van der Waals surface area (Å²) in [4.78, 5) is 3.83. The molecule has 174 valence electrons. The molecule has 0 saturated carbocycles. The first-order chi connectivity index (χ1) is 15.4. The van der Waals surface area contributed by atoms with E-state index >= 15 is 0 Å². The van der Waals surface area contributed by atoms with Gasteiger partial charge in [0.2, 0.25) is 0 Å². The Balaban J connectivity index is 0.00000122. The normalized spacial score (nSPS) is 11.8. The van der Waals surface area contributed by atoms with Crippen molar-refractivity contribution >= 4 is 28.9 Å². The van der Waals surface area contributed by atoms with Crippen LogP contribution in [0, 0.1) is 6.92 Å². The Hall–Kier alpha value is -1.83. The monoisotopic (exact) mass is 583 g/mol. The van der Waals surface area contributed by atoms with E-state index in [2.05, 4.69) is 4.99 Å². The molecule has 0 saturated heterocycles. The molecule has 1 N–H and O–H groups in total. The van der Waals surface area contributed by atoms with Crippen LogP contribution in [0.3, 0.4) is 0 Å². The number of nitrogens with zero attached hydrogens (tertiary/aromatic N) is 1. The first kappa shape index (κ1) is 27.4. The average Bonchev–Trinajstić information content (AvgIpc) is 2.74. The zero-order chi connectivity index (χ0) is 24.8. The quantitative estimate of drug-likeness (QED) is 0.243. The molecule has 3 rings (SSSR count). The summed E-state index contributed by atoms with van der Waals surface area (Å²) in [6.45, 7) is 1.62. The van der Waals surface area contributed by atoms with Crippen molar-refractivity contribution in [3.05, 3.63) is 82.9 Å². The van der Waals surface area contributed by atoms with Gasteiger partial charge in [-0.2, -0.15) is 26.3 Å². The SMILES string of the molecule is Cc1ccc(-c2ccccc2)c(C=Nc2cc(C(F)(F)F)cc(C(F)(F)F)c2)c1O.[Cl][Zr][Cl]. The van der Waals surface area contributed by atoms with E-state index in [0.29, 0.717) is 28.8 Å². The summed E-state index contributed by atoms with van der Waals surface area (Å²) < 4.78 is 78.3. The standard InChI is InChI=1S/C22H15F6NO.2ClH.Zr/c1-13-7-8-18(14-5-3-2-4-6-14)19(20(13)30)12-29-17-10-15(21(23,24)25)9-16(11-17)22(26,27)28;;;/h2-12,30H,1H3;2*1H;/q;;;+2/p-2. The third-order valence-electron chi connectivity index (χ3n) is 4.42. The molecule has 0 aliphatic heterocycles. The summed E-state index contributed by atoms with van der Waals surface area (Å²) in [6.07, 6.45) is -8.86. The Labute approximate surface area is 204 Å². The molecule has 0 heterocycles. The van der Waals surface area contributed by atoms with Crippen LogP contribution in [0.15, 0.2) is 65.7 Å². The van der Waals surface area contributed by atoms with Crippen LogP contribution >= 0.6 is 17.0 Å². The number of phenols is 1. The molecule has 33 heavy (non-hydrogen) atoms. The molecule has 3 aromatic rings. The predicted molar refractivity (Wildman–Crippen MR) is 114 cm³/mol. The van der Waals surface area contributed by atoms with E-state index in [1.165, 1.54) is 0 Å². The zero-order valence-corrected chi connectivity index (χ0v) is 20.7. The summed E-state index contributed by atoms with van der Waals surface area (Å²) >= 11 is -0.826. The van der Waals surface area contributed by atoms with Crippen LogP contribution in [0.5, 0.6) is 5.75 Å². The third-order valence-corrected chi connectivity index (χ3v) is 4.42. The van der Waals surface area contributed by atoms with Gasteiger partial charge < -0.3 is 5.11 Å². The van der Waals surface area contributed by atoms with Gasteiger partial charge in [-0.15, -0.1) is 0 Å². The zero-order valence-electron chi connectivity index (χ0n) is 16.8. The Morgan fingerprint density at radius 2 is 1.36 bits per heavy atom. The molecule has 0 radical (unpaired) electrons. The van der Waals surface area contributed by atoms with Crippen molar-refractivity contribution in [3.8, 4) is 16.9 Å². The summed E-state index contributed by atoms with van der Waals surface area (Å²) in [5.41, 5.74) is -1.54. The number of rotatable bonds is 3. The van der Waals surface area contributed by atoms with Gasteiger partial charge in [-0.25, -0.2) is 0 Å². The van der Waals surface area contributed by atoms with Gasteiger partial charge in [0.05, 0.1) is 16.8 Å². The molecule has 2 nitrogen and oxygen atoms in total.